The van der Waals surface area contributed by atoms with Crippen LogP contribution in [0.3, 0.4) is 0 Å². The van der Waals surface area contributed by atoms with Gasteiger partial charge in [-0.3, -0.25) is 9.69 Å². The standard InChI is InChI=1S/C16H14N2O5S/c1-9-5-6-24-13(9)7-11-14(19)18(16(21)17-11)8-10-3-4-12(23-10)15(20)22-2/h3-7H,8H2,1-2H3,(H,17,21)/b11-7-. The van der Waals surface area contributed by atoms with Gasteiger partial charge in [-0.05, 0) is 42.1 Å². The molecule has 0 aliphatic carbocycles. The van der Waals surface area contributed by atoms with E-state index in [1.807, 2.05) is 18.4 Å². The van der Waals surface area contributed by atoms with Crippen LogP contribution < -0.4 is 5.32 Å². The quantitative estimate of drug-likeness (QED) is 0.522. The fraction of sp³-hybridized carbons (Fsp3) is 0.188. The summed E-state index contributed by atoms with van der Waals surface area (Å²) in [4.78, 5) is 37.7. The second-order valence-electron chi connectivity index (χ2n) is 5.10. The number of ether oxygens (including phenoxy) is 1. The first-order valence-electron chi connectivity index (χ1n) is 7.05. The number of esters is 1. The number of rotatable bonds is 4. The van der Waals surface area contributed by atoms with Crippen LogP contribution >= 0.6 is 11.3 Å². The number of methoxy groups -OCH3 is 1. The number of nitrogens with zero attached hydrogens (tertiary/aromatic N) is 1. The van der Waals surface area contributed by atoms with Crippen molar-refractivity contribution in [2.45, 2.75) is 13.5 Å². The Kier molecular flexibility index (Phi) is 4.22. The second kappa shape index (κ2) is 6.32. The van der Waals surface area contributed by atoms with Crippen molar-refractivity contribution in [3.63, 3.8) is 0 Å². The van der Waals surface area contributed by atoms with Crippen LogP contribution in [0.4, 0.5) is 4.79 Å². The average molecular weight is 346 g/mol. The minimum absolute atomic E-state index is 0.0181. The highest BCUT2D eigenvalue weighted by Gasteiger charge is 2.34. The maximum atomic E-state index is 12.4. The van der Waals surface area contributed by atoms with Crippen molar-refractivity contribution in [3.8, 4) is 0 Å². The Morgan fingerprint density at radius 3 is 2.83 bits per heavy atom. The molecule has 0 saturated carbocycles. The molecular formula is C16H14N2O5S. The zero-order valence-corrected chi connectivity index (χ0v) is 13.8. The number of urea groups is 1. The molecule has 0 unspecified atom stereocenters. The fourth-order valence-corrected chi connectivity index (χ4v) is 3.07. The molecule has 0 radical (unpaired) electrons. The summed E-state index contributed by atoms with van der Waals surface area (Å²) in [6, 6.07) is 4.37. The van der Waals surface area contributed by atoms with Crippen molar-refractivity contribution in [2.24, 2.45) is 0 Å². The summed E-state index contributed by atoms with van der Waals surface area (Å²) in [5, 5.41) is 4.47. The highest BCUT2D eigenvalue weighted by Crippen LogP contribution is 2.22. The molecule has 1 aliphatic heterocycles. The van der Waals surface area contributed by atoms with Crippen LogP contribution in [0.5, 0.6) is 0 Å². The number of hydrogen-bond donors (Lipinski definition) is 1. The van der Waals surface area contributed by atoms with Gasteiger partial charge in [0, 0.05) is 4.88 Å². The number of nitrogens with one attached hydrogen (secondary N) is 1. The highest BCUT2D eigenvalue weighted by atomic mass is 32.1. The summed E-state index contributed by atoms with van der Waals surface area (Å²) in [5.74, 6) is -0.729. The van der Waals surface area contributed by atoms with Crippen LogP contribution in [0.25, 0.3) is 6.08 Å². The van der Waals surface area contributed by atoms with E-state index < -0.39 is 17.9 Å². The Balaban J connectivity index is 1.77. The SMILES string of the molecule is COC(=O)c1ccc(CN2C(=O)N/C(=C\c3sccc3C)C2=O)o1. The average Bonchev–Trinajstić information content (AvgIpc) is 3.25. The van der Waals surface area contributed by atoms with Gasteiger partial charge >= 0.3 is 12.0 Å². The summed E-state index contributed by atoms with van der Waals surface area (Å²) in [7, 11) is 1.24. The predicted octanol–water partition coefficient (Wildman–Crippen LogP) is 2.53. The minimum Gasteiger partial charge on any atom is -0.463 e. The van der Waals surface area contributed by atoms with Crippen molar-refractivity contribution in [3.05, 3.63) is 51.2 Å². The zero-order valence-electron chi connectivity index (χ0n) is 13.0. The van der Waals surface area contributed by atoms with Crippen molar-refractivity contribution in [1.82, 2.24) is 10.2 Å². The second-order valence-corrected chi connectivity index (χ2v) is 6.05. The van der Waals surface area contributed by atoms with Gasteiger partial charge in [0.15, 0.2) is 0 Å². The van der Waals surface area contributed by atoms with Gasteiger partial charge in [0.25, 0.3) is 5.91 Å². The molecule has 8 heteroatoms. The Bertz CT molecular complexity index is 848. The molecule has 0 spiro atoms. The number of carbonyl (C=O) groups is 3. The molecule has 1 fully saturated rings. The lowest BCUT2D eigenvalue weighted by Gasteiger charge is -2.09. The number of amides is 3. The molecule has 3 rings (SSSR count). The molecule has 24 heavy (non-hydrogen) atoms. The molecule has 2 aromatic rings. The van der Waals surface area contributed by atoms with Gasteiger partial charge in [-0.25, -0.2) is 9.59 Å². The van der Waals surface area contributed by atoms with Crippen LogP contribution in [-0.4, -0.2) is 29.9 Å². The predicted molar refractivity (Wildman–Crippen MR) is 86.2 cm³/mol. The van der Waals surface area contributed by atoms with Gasteiger partial charge in [0.2, 0.25) is 5.76 Å². The van der Waals surface area contributed by atoms with Crippen LogP contribution in [-0.2, 0) is 16.1 Å². The number of hydrogen-bond acceptors (Lipinski definition) is 6. The van der Waals surface area contributed by atoms with E-state index in [9.17, 15) is 14.4 Å². The van der Waals surface area contributed by atoms with Gasteiger partial charge in [0.05, 0.1) is 13.7 Å². The van der Waals surface area contributed by atoms with Crippen molar-refractivity contribution < 1.29 is 23.5 Å². The molecule has 0 bridgehead atoms. The fourth-order valence-electron chi connectivity index (χ4n) is 2.21. The van der Waals surface area contributed by atoms with E-state index in [0.29, 0.717) is 5.76 Å². The lowest BCUT2D eigenvalue weighted by molar-refractivity contribution is -0.123. The van der Waals surface area contributed by atoms with Crippen molar-refractivity contribution in [1.29, 1.82) is 0 Å². The minimum atomic E-state index is -0.618. The van der Waals surface area contributed by atoms with Gasteiger partial charge in [0.1, 0.15) is 11.5 Å². The third-order valence-electron chi connectivity index (χ3n) is 3.50. The first-order valence-corrected chi connectivity index (χ1v) is 7.93. The van der Waals surface area contributed by atoms with Crippen molar-refractivity contribution in [2.75, 3.05) is 7.11 Å². The molecule has 124 valence electrons. The molecule has 0 aromatic carbocycles. The molecule has 3 heterocycles. The zero-order chi connectivity index (χ0) is 17.3. The van der Waals surface area contributed by atoms with Crippen LogP contribution in [0, 0.1) is 6.92 Å². The number of carbonyl (C=O) groups excluding carboxylic acids is 3. The number of thiophene rings is 1. The maximum Gasteiger partial charge on any atom is 0.373 e. The third-order valence-corrected chi connectivity index (χ3v) is 4.47. The largest absolute Gasteiger partial charge is 0.463 e. The lowest BCUT2D eigenvalue weighted by atomic mass is 10.2. The normalized spacial score (nSPS) is 15.9. The van der Waals surface area contributed by atoms with E-state index in [-0.39, 0.29) is 18.0 Å². The van der Waals surface area contributed by atoms with Gasteiger partial charge in [-0.2, -0.15) is 0 Å². The van der Waals surface area contributed by atoms with Gasteiger partial charge in [-0.15, -0.1) is 11.3 Å². The van der Waals surface area contributed by atoms with E-state index >= 15 is 0 Å². The summed E-state index contributed by atoms with van der Waals surface area (Å²) < 4.78 is 9.84. The Hall–Kier alpha value is -2.87. The Labute approximate surface area is 141 Å². The molecule has 3 amide bonds. The van der Waals surface area contributed by atoms with Gasteiger partial charge in [-0.1, -0.05) is 0 Å². The molecular weight excluding hydrogens is 332 g/mol. The smallest absolute Gasteiger partial charge is 0.373 e. The topological polar surface area (TPSA) is 88.9 Å². The third kappa shape index (κ3) is 2.95. The lowest BCUT2D eigenvalue weighted by Crippen LogP contribution is -2.30. The molecule has 0 atom stereocenters. The summed E-state index contributed by atoms with van der Waals surface area (Å²) >= 11 is 1.49. The Morgan fingerprint density at radius 1 is 1.38 bits per heavy atom. The highest BCUT2D eigenvalue weighted by molar-refractivity contribution is 7.11. The van der Waals surface area contributed by atoms with Crippen LogP contribution in [0.2, 0.25) is 0 Å². The van der Waals surface area contributed by atoms with E-state index in [0.717, 1.165) is 15.3 Å². The number of imide groups is 1. The molecule has 7 nitrogen and oxygen atoms in total. The van der Waals surface area contributed by atoms with E-state index in [2.05, 4.69) is 10.1 Å². The summed E-state index contributed by atoms with van der Waals surface area (Å²) in [6.07, 6.45) is 1.66. The van der Waals surface area contributed by atoms with Crippen molar-refractivity contribution >= 4 is 35.3 Å². The summed E-state index contributed by atoms with van der Waals surface area (Å²) in [5.41, 5.74) is 1.24. The molecule has 1 aliphatic rings. The first kappa shape index (κ1) is 16.0. The molecule has 1 saturated heterocycles. The summed E-state index contributed by atoms with van der Waals surface area (Å²) in [6.45, 7) is 1.86. The Morgan fingerprint density at radius 2 is 2.17 bits per heavy atom. The first-order chi connectivity index (χ1) is 11.5. The number of furan rings is 1. The van der Waals surface area contributed by atoms with E-state index in [1.165, 1.54) is 30.6 Å². The maximum absolute atomic E-state index is 12.4. The monoisotopic (exact) mass is 346 g/mol. The van der Waals surface area contributed by atoms with E-state index in [4.69, 9.17) is 4.42 Å². The molecule has 2 aromatic heterocycles. The van der Waals surface area contributed by atoms with E-state index in [1.54, 1.807) is 6.08 Å². The van der Waals surface area contributed by atoms with Crippen LogP contribution in [0.15, 0.2) is 33.7 Å². The van der Waals surface area contributed by atoms with Crippen LogP contribution in [0.1, 0.15) is 26.8 Å². The van der Waals surface area contributed by atoms with Gasteiger partial charge < -0.3 is 14.5 Å². The molecule has 1 N–H and O–H groups in total. The number of aryl methyl sites for hydroxylation is 1.